The van der Waals surface area contributed by atoms with E-state index in [-0.39, 0.29) is 31.1 Å². The summed E-state index contributed by atoms with van der Waals surface area (Å²) in [6, 6.07) is 5.80. The first-order valence-corrected chi connectivity index (χ1v) is 7.11. The summed E-state index contributed by atoms with van der Waals surface area (Å²) >= 11 is 0. The van der Waals surface area contributed by atoms with Gasteiger partial charge in [-0.25, -0.2) is 0 Å². The van der Waals surface area contributed by atoms with Gasteiger partial charge in [-0.1, -0.05) is 12.5 Å². The normalized spacial score (nSPS) is 19.8. The van der Waals surface area contributed by atoms with E-state index in [4.69, 9.17) is 9.47 Å². The minimum Gasteiger partial charge on any atom is -0.454 e. The molecule has 1 aromatic rings. The van der Waals surface area contributed by atoms with E-state index in [1.165, 1.54) is 0 Å². The maximum Gasteiger partial charge on any atom is 0.239 e. The lowest BCUT2D eigenvalue weighted by Gasteiger charge is -2.27. The molecule has 21 heavy (non-hydrogen) atoms. The van der Waals surface area contributed by atoms with Crippen LogP contribution in [0.3, 0.4) is 0 Å². The molecular formula is C15H21ClN2O3. The van der Waals surface area contributed by atoms with E-state index < -0.39 is 0 Å². The molecule has 1 fully saturated rings. The fourth-order valence-electron chi connectivity index (χ4n) is 2.72. The molecule has 0 aliphatic carbocycles. The molecule has 1 saturated heterocycles. The van der Waals surface area contributed by atoms with E-state index in [0.29, 0.717) is 6.54 Å². The van der Waals surface area contributed by atoms with Crippen LogP contribution in [0, 0.1) is 0 Å². The second-order valence-corrected chi connectivity index (χ2v) is 5.38. The van der Waals surface area contributed by atoms with Gasteiger partial charge in [0.05, 0.1) is 6.04 Å². The summed E-state index contributed by atoms with van der Waals surface area (Å²) in [5.41, 5.74) is 1.06. The number of carbonyl (C=O) groups excluding carboxylic acids is 1. The Balaban J connectivity index is 0.00000161. The lowest BCUT2D eigenvalue weighted by Crippen LogP contribution is -2.46. The van der Waals surface area contributed by atoms with Crippen molar-refractivity contribution in [3.8, 4) is 11.5 Å². The fraction of sp³-hybridized carbons (Fsp3) is 0.533. The second kappa shape index (κ2) is 7.00. The molecule has 0 spiro atoms. The van der Waals surface area contributed by atoms with Crippen LogP contribution in [-0.4, -0.2) is 37.2 Å². The molecule has 6 heteroatoms. The average molecular weight is 313 g/mol. The highest BCUT2D eigenvalue weighted by Gasteiger charge is 2.24. The predicted octanol–water partition coefficient (Wildman–Crippen LogP) is 1.94. The topological polar surface area (TPSA) is 50.8 Å². The van der Waals surface area contributed by atoms with Crippen LogP contribution in [-0.2, 0) is 11.3 Å². The summed E-state index contributed by atoms with van der Waals surface area (Å²) in [6.07, 6.45) is 3.22. The molecule has 0 radical (unpaired) electrons. The zero-order chi connectivity index (χ0) is 13.9. The first-order valence-electron chi connectivity index (χ1n) is 7.11. The number of ether oxygens (including phenoxy) is 2. The number of halogens is 1. The van der Waals surface area contributed by atoms with Gasteiger partial charge in [0.25, 0.3) is 0 Å². The third kappa shape index (κ3) is 3.60. The third-order valence-electron chi connectivity index (χ3n) is 3.84. The monoisotopic (exact) mass is 312 g/mol. The summed E-state index contributed by atoms with van der Waals surface area (Å²) in [7, 11) is 1.85. The van der Waals surface area contributed by atoms with Gasteiger partial charge in [-0.2, -0.15) is 0 Å². The number of amides is 1. The summed E-state index contributed by atoms with van der Waals surface area (Å²) < 4.78 is 10.6. The lowest BCUT2D eigenvalue weighted by atomic mass is 10.0. The van der Waals surface area contributed by atoms with Crippen molar-refractivity contribution in [2.75, 3.05) is 20.4 Å². The van der Waals surface area contributed by atoms with Crippen LogP contribution in [0.15, 0.2) is 18.2 Å². The van der Waals surface area contributed by atoms with Gasteiger partial charge in [-0.3, -0.25) is 4.79 Å². The van der Waals surface area contributed by atoms with Crippen LogP contribution >= 0.6 is 12.4 Å². The molecule has 0 unspecified atom stereocenters. The van der Waals surface area contributed by atoms with Crippen LogP contribution in [0.2, 0.25) is 0 Å². The highest BCUT2D eigenvalue weighted by molar-refractivity contribution is 5.85. The number of likely N-dealkylation sites (N-methyl/N-ethyl adjacent to an activating group) is 1. The number of nitrogens with one attached hydrogen (secondary N) is 1. The molecule has 0 bridgehead atoms. The van der Waals surface area contributed by atoms with Gasteiger partial charge in [0.15, 0.2) is 11.5 Å². The summed E-state index contributed by atoms with van der Waals surface area (Å²) in [5.74, 6) is 1.71. The van der Waals surface area contributed by atoms with Gasteiger partial charge in [-0.15, -0.1) is 12.4 Å². The number of carbonyl (C=O) groups is 1. The smallest absolute Gasteiger partial charge is 0.239 e. The van der Waals surface area contributed by atoms with Gasteiger partial charge in [0.2, 0.25) is 12.7 Å². The van der Waals surface area contributed by atoms with Crippen LogP contribution in [0.4, 0.5) is 0 Å². The Labute approximate surface area is 131 Å². The molecule has 5 nitrogen and oxygen atoms in total. The Bertz CT molecular complexity index is 504. The number of hydrogen-bond donors (Lipinski definition) is 1. The zero-order valence-electron chi connectivity index (χ0n) is 12.1. The Morgan fingerprint density at radius 1 is 1.33 bits per heavy atom. The predicted molar refractivity (Wildman–Crippen MR) is 81.9 cm³/mol. The molecular weight excluding hydrogens is 292 g/mol. The summed E-state index contributed by atoms with van der Waals surface area (Å²) in [6.45, 7) is 1.81. The van der Waals surface area contributed by atoms with Crippen LogP contribution in [0.25, 0.3) is 0 Å². The highest BCUT2D eigenvalue weighted by atomic mass is 35.5. The number of rotatable bonds is 3. The third-order valence-corrected chi connectivity index (χ3v) is 3.84. The number of nitrogens with zero attached hydrogens (tertiary/aromatic N) is 1. The highest BCUT2D eigenvalue weighted by Crippen LogP contribution is 2.32. The van der Waals surface area contributed by atoms with Crippen LogP contribution in [0.5, 0.6) is 11.5 Å². The number of piperidine rings is 1. The molecule has 2 aliphatic rings. The van der Waals surface area contributed by atoms with Crippen molar-refractivity contribution in [1.29, 1.82) is 0 Å². The SMILES string of the molecule is CN(Cc1ccc2c(c1)OCO2)C(=O)[C@@H]1CCCCN1.Cl. The maximum atomic E-state index is 12.3. The molecule has 116 valence electrons. The quantitative estimate of drug-likeness (QED) is 0.926. The van der Waals surface area contributed by atoms with E-state index in [0.717, 1.165) is 42.9 Å². The fourth-order valence-corrected chi connectivity index (χ4v) is 2.72. The Hall–Kier alpha value is -1.46. The van der Waals surface area contributed by atoms with E-state index in [2.05, 4.69) is 5.32 Å². The minimum atomic E-state index is -0.0252. The van der Waals surface area contributed by atoms with E-state index in [1.807, 2.05) is 25.2 Å². The molecule has 1 aromatic carbocycles. The molecule has 2 aliphatic heterocycles. The van der Waals surface area contributed by atoms with Gasteiger partial charge < -0.3 is 19.7 Å². The molecule has 3 rings (SSSR count). The van der Waals surface area contributed by atoms with Crippen molar-refractivity contribution in [2.45, 2.75) is 31.8 Å². The molecule has 1 atom stereocenters. The number of benzene rings is 1. The Kier molecular flexibility index (Phi) is 5.31. The van der Waals surface area contributed by atoms with Crippen molar-refractivity contribution in [1.82, 2.24) is 10.2 Å². The van der Waals surface area contributed by atoms with Gasteiger partial charge >= 0.3 is 0 Å². The van der Waals surface area contributed by atoms with Crippen molar-refractivity contribution < 1.29 is 14.3 Å². The molecule has 1 N–H and O–H groups in total. The largest absolute Gasteiger partial charge is 0.454 e. The Morgan fingerprint density at radius 3 is 2.90 bits per heavy atom. The standard InChI is InChI=1S/C15H20N2O3.ClH/c1-17(15(18)12-4-2-3-7-16-12)9-11-5-6-13-14(8-11)20-10-19-13;/h5-6,8,12,16H,2-4,7,9-10H2,1H3;1H/t12-;/m0./s1. The van der Waals surface area contributed by atoms with Crippen LogP contribution in [0.1, 0.15) is 24.8 Å². The molecule has 1 amide bonds. The van der Waals surface area contributed by atoms with Gasteiger partial charge in [-0.05, 0) is 37.1 Å². The van der Waals surface area contributed by atoms with Crippen LogP contribution < -0.4 is 14.8 Å². The lowest BCUT2D eigenvalue weighted by molar-refractivity contribution is -0.133. The zero-order valence-corrected chi connectivity index (χ0v) is 12.9. The first-order chi connectivity index (χ1) is 9.74. The van der Waals surface area contributed by atoms with Crippen molar-refractivity contribution in [3.63, 3.8) is 0 Å². The molecule has 0 aromatic heterocycles. The van der Waals surface area contributed by atoms with Crippen molar-refractivity contribution >= 4 is 18.3 Å². The van der Waals surface area contributed by atoms with E-state index in [9.17, 15) is 4.79 Å². The van der Waals surface area contributed by atoms with Crippen molar-refractivity contribution in [2.24, 2.45) is 0 Å². The number of fused-ring (bicyclic) bond motifs is 1. The first kappa shape index (κ1) is 15.9. The average Bonchev–Trinajstić information content (AvgIpc) is 2.95. The Morgan fingerprint density at radius 2 is 2.14 bits per heavy atom. The van der Waals surface area contributed by atoms with Crippen molar-refractivity contribution in [3.05, 3.63) is 23.8 Å². The van der Waals surface area contributed by atoms with E-state index in [1.54, 1.807) is 4.90 Å². The molecule has 0 saturated carbocycles. The van der Waals surface area contributed by atoms with Gasteiger partial charge in [0.1, 0.15) is 0 Å². The van der Waals surface area contributed by atoms with Gasteiger partial charge in [0, 0.05) is 13.6 Å². The summed E-state index contributed by atoms with van der Waals surface area (Å²) in [5, 5.41) is 3.29. The maximum absolute atomic E-state index is 12.3. The molecule has 2 heterocycles. The second-order valence-electron chi connectivity index (χ2n) is 5.38. The minimum absolute atomic E-state index is 0. The number of hydrogen-bond acceptors (Lipinski definition) is 4. The van der Waals surface area contributed by atoms with E-state index >= 15 is 0 Å². The summed E-state index contributed by atoms with van der Waals surface area (Å²) in [4.78, 5) is 14.1.